The first kappa shape index (κ1) is 11.5. The molecule has 0 atom stereocenters. The first-order valence-corrected chi connectivity index (χ1v) is 6.66. The Morgan fingerprint density at radius 1 is 1.22 bits per heavy atom. The van der Waals surface area contributed by atoms with Crippen LogP contribution >= 0.6 is 15.9 Å². The van der Waals surface area contributed by atoms with Crippen molar-refractivity contribution in [2.24, 2.45) is 0 Å². The number of rotatable bonds is 2. The average molecular weight is 306 g/mol. The molecule has 18 heavy (non-hydrogen) atoms. The molecule has 4 nitrogen and oxygen atoms in total. The number of fused-ring (bicyclic) bond motifs is 1. The van der Waals surface area contributed by atoms with Gasteiger partial charge in [-0.15, -0.1) is 0 Å². The number of hydrogen-bond acceptors (Lipinski definition) is 3. The van der Waals surface area contributed by atoms with Crippen LogP contribution in [0.5, 0.6) is 0 Å². The molecule has 0 radical (unpaired) electrons. The lowest BCUT2D eigenvalue weighted by atomic mass is 10.3. The second kappa shape index (κ2) is 4.57. The molecule has 3 rings (SSSR count). The summed E-state index contributed by atoms with van der Waals surface area (Å²) in [5, 5.41) is 3.11. The number of H-pyrrole nitrogens is 1. The van der Waals surface area contributed by atoms with Crippen molar-refractivity contribution in [3.8, 4) is 0 Å². The minimum absolute atomic E-state index is 0.0166. The molecule has 1 heterocycles. The Balaban J connectivity index is 1.92. The Morgan fingerprint density at radius 3 is 2.78 bits per heavy atom. The third kappa shape index (κ3) is 2.18. The fourth-order valence-electron chi connectivity index (χ4n) is 2.17. The summed E-state index contributed by atoms with van der Waals surface area (Å²) in [6, 6.07) is 7.73. The van der Waals surface area contributed by atoms with Crippen LogP contribution in [0.1, 0.15) is 17.7 Å². The van der Waals surface area contributed by atoms with Gasteiger partial charge in [0, 0.05) is 15.7 Å². The van der Waals surface area contributed by atoms with Crippen LogP contribution in [0.25, 0.3) is 0 Å². The molecule has 1 aromatic heterocycles. The summed E-state index contributed by atoms with van der Waals surface area (Å²) in [5.74, 6) is 0.517. The molecule has 2 aromatic rings. The maximum Gasteiger partial charge on any atom is 0.255 e. The van der Waals surface area contributed by atoms with E-state index in [0.717, 1.165) is 40.7 Å². The fraction of sp³-hybridized carbons (Fsp3) is 0.231. The molecule has 0 aliphatic heterocycles. The van der Waals surface area contributed by atoms with Crippen molar-refractivity contribution >= 4 is 27.6 Å². The zero-order chi connectivity index (χ0) is 12.5. The molecule has 0 amide bonds. The van der Waals surface area contributed by atoms with E-state index >= 15 is 0 Å². The molecule has 92 valence electrons. The van der Waals surface area contributed by atoms with Crippen LogP contribution in [0.2, 0.25) is 0 Å². The number of halogens is 1. The summed E-state index contributed by atoms with van der Waals surface area (Å²) in [6.07, 6.45) is 2.76. The van der Waals surface area contributed by atoms with E-state index in [9.17, 15) is 4.79 Å². The standard InChI is InChI=1S/C13H12BrN3O/c14-8-4-6-9(7-5-8)15-13-16-11-3-1-2-10(11)12(18)17-13/h4-7H,1-3H2,(H2,15,16,17,18). The predicted octanol–water partition coefficient (Wildman–Crippen LogP) is 2.76. The maximum atomic E-state index is 11.8. The lowest BCUT2D eigenvalue weighted by molar-refractivity contribution is 0.899. The monoisotopic (exact) mass is 305 g/mol. The molecule has 0 saturated carbocycles. The molecule has 1 aliphatic carbocycles. The molecule has 1 aromatic carbocycles. The SMILES string of the molecule is O=c1[nH]c(Nc2ccc(Br)cc2)nc2c1CCC2. The zero-order valence-electron chi connectivity index (χ0n) is 9.66. The Bertz CT molecular complexity index is 634. The van der Waals surface area contributed by atoms with E-state index in [1.54, 1.807) is 0 Å². The summed E-state index contributed by atoms with van der Waals surface area (Å²) >= 11 is 3.38. The first-order chi connectivity index (χ1) is 8.72. The average Bonchev–Trinajstić information content (AvgIpc) is 2.81. The Labute approximate surface area is 113 Å². The van der Waals surface area contributed by atoms with Gasteiger partial charge in [0.2, 0.25) is 5.95 Å². The van der Waals surface area contributed by atoms with Gasteiger partial charge >= 0.3 is 0 Å². The number of hydrogen-bond donors (Lipinski definition) is 2. The lowest BCUT2D eigenvalue weighted by Crippen LogP contribution is -2.16. The van der Waals surface area contributed by atoms with Crippen molar-refractivity contribution in [1.82, 2.24) is 9.97 Å². The lowest BCUT2D eigenvalue weighted by Gasteiger charge is -2.07. The molecule has 5 heteroatoms. The van der Waals surface area contributed by atoms with Gasteiger partial charge in [-0.2, -0.15) is 0 Å². The van der Waals surface area contributed by atoms with Crippen LogP contribution in [-0.2, 0) is 12.8 Å². The van der Waals surface area contributed by atoms with Gasteiger partial charge in [-0.3, -0.25) is 9.78 Å². The molecule has 0 bridgehead atoms. The van der Waals surface area contributed by atoms with E-state index in [1.807, 2.05) is 24.3 Å². The second-order valence-electron chi connectivity index (χ2n) is 4.33. The van der Waals surface area contributed by atoms with E-state index in [4.69, 9.17) is 0 Å². The number of aryl methyl sites for hydroxylation is 1. The zero-order valence-corrected chi connectivity index (χ0v) is 11.3. The van der Waals surface area contributed by atoms with Gasteiger partial charge in [0.1, 0.15) is 0 Å². The molecule has 0 unspecified atom stereocenters. The van der Waals surface area contributed by atoms with Crippen LogP contribution < -0.4 is 10.9 Å². The third-order valence-corrected chi connectivity index (χ3v) is 3.58. The third-order valence-electron chi connectivity index (χ3n) is 3.05. The molecule has 1 aliphatic rings. The predicted molar refractivity (Wildman–Crippen MR) is 74.3 cm³/mol. The maximum absolute atomic E-state index is 11.8. The van der Waals surface area contributed by atoms with E-state index in [2.05, 4.69) is 31.2 Å². The minimum atomic E-state index is -0.0166. The molecule has 0 spiro atoms. The van der Waals surface area contributed by atoms with Gasteiger partial charge in [0.15, 0.2) is 0 Å². The quantitative estimate of drug-likeness (QED) is 0.897. The number of aromatic nitrogens is 2. The Morgan fingerprint density at radius 2 is 2.00 bits per heavy atom. The van der Waals surface area contributed by atoms with Crippen molar-refractivity contribution < 1.29 is 0 Å². The fourth-order valence-corrected chi connectivity index (χ4v) is 2.44. The van der Waals surface area contributed by atoms with Crippen molar-refractivity contribution in [1.29, 1.82) is 0 Å². The Kier molecular flexibility index (Phi) is 2.91. The van der Waals surface area contributed by atoms with Crippen LogP contribution in [0, 0.1) is 0 Å². The topological polar surface area (TPSA) is 57.8 Å². The van der Waals surface area contributed by atoms with E-state index < -0.39 is 0 Å². The number of aromatic amines is 1. The first-order valence-electron chi connectivity index (χ1n) is 5.87. The smallest absolute Gasteiger partial charge is 0.255 e. The summed E-state index contributed by atoms with van der Waals surface area (Å²) in [5.41, 5.74) is 2.66. The van der Waals surface area contributed by atoms with E-state index in [-0.39, 0.29) is 5.56 Å². The molecule has 0 fully saturated rings. The molecular formula is C13H12BrN3O. The van der Waals surface area contributed by atoms with Crippen LogP contribution in [-0.4, -0.2) is 9.97 Å². The van der Waals surface area contributed by atoms with Gasteiger partial charge < -0.3 is 5.32 Å². The highest BCUT2D eigenvalue weighted by Crippen LogP contribution is 2.20. The molecule has 0 saturated heterocycles. The van der Waals surface area contributed by atoms with Crippen LogP contribution in [0.4, 0.5) is 11.6 Å². The van der Waals surface area contributed by atoms with Crippen molar-refractivity contribution in [3.63, 3.8) is 0 Å². The largest absolute Gasteiger partial charge is 0.326 e. The number of benzene rings is 1. The summed E-state index contributed by atoms with van der Waals surface area (Å²) in [6.45, 7) is 0. The summed E-state index contributed by atoms with van der Waals surface area (Å²) < 4.78 is 1.02. The Hall–Kier alpha value is -1.62. The van der Waals surface area contributed by atoms with Crippen molar-refractivity contribution in [2.45, 2.75) is 19.3 Å². The van der Waals surface area contributed by atoms with Crippen molar-refractivity contribution in [3.05, 3.63) is 50.3 Å². The highest BCUT2D eigenvalue weighted by Gasteiger charge is 2.16. The van der Waals surface area contributed by atoms with E-state index in [0.29, 0.717) is 5.95 Å². The van der Waals surface area contributed by atoms with E-state index in [1.165, 1.54) is 0 Å². The van der Waals surface area contributed by atoms with Gasteiger partial charge in [-0.25, -0.2) is 4.98 Å². The van der Waals surface area contributed by atoms with Gasteiger partial charge in [-0.05, 0) is 43.5 Å². The normalized spacial score (nSPS) is 13.4. The minimum Gasteiger partial charge on any atom is -0.326 e. The number of nitrogens with one attached hydrogen (secondary N) is 2. The number of anilines is 2. The summed E-state index contributed by atoms with van der Waals surface area (Å²) in [7, 11) is 0. The van der Waals surface area contributed by atoms with Gasteiger partial charge in [0.05, 0.1) is 5.69 Å². The van der Waals surface area contributed by atoms with Crippen LogP contribution in [0.15, 0.2) is 33.5 Å². The van der Waals surface area contributed by atoms with Gasteiger partial charge in [0.25, 0.3) is 5.56 Å². The second-order valence-corrected chi connectivity index (χ2v) is 5.24. The highest BCUT2D eigenvalue weighted by molar-refractivity contribution is 9.10. The number of nitrogens with zero attached hydrogens (tertiary/aromatic N) is 1. The summed E-state index contributed by atoms with van der Waals surface area (Å²) in [4.78, 5) is 19.1. The highest BCUT2D eigenvalue weighted by atomic mass is 79.9. The van der Waals surface area contributed by atoms with Crippen molar-refractivity contribution in [2.75, 3.05) is 5.32 Å². The van der Waals surface area contributed by atoms with Crippen LogP contribution in [0.3, 0.4) is 0 Å². The molecular weight excluding hydrogens is 294 g/mol. The molecule has 2 N–H and O–H groups in total. The van der Waals surface area contributed by atoms with Gasteiger partial charge in [-0.1, -0.05) is 15.9 Å².